The van der Waals surface area contributed by atoms with Gasteiger partial charge in [-0.1, -0.05) is 103 Å². The fourth-order valence-electron chi connectivity index (χ4n) is 6.09. The second kappa shape index (κ2) is 15.1. The van der Waals surface area contributed by atoms with Crippen molar-refractivity contribution in [3.05, 3.63) is 161 Å². The van der Waals surface area contributed by atoms with Gasteiger partial charge in [0.2, 0.25) is 0 Å². The van der Waals surface area contributed by atoms with Crippen LogP contribution in [0.15, 0.2) is 143 Å². The number of hydrogen-bond donors (Lipinski definition) is 1. The van der Waals surface area contributed by atoms with Crippen LogP contribution >= 0.6 is 0 Å². The molecular weight excluding hydrogens is 717 g/mol. The Morgan fingerprint density at radius 1 is 0.604 bits per heavy atom. The van der Waals surface area contributed by atoms with Gasteiger partial charge in [0.05, 0.1) is 28.1 Å². The van der Waals surface area contributed by atoms with Gasteiger partial charge in [0.1, 0.15) is 5.82 Å². The summed E-state index contributed by atoms with van der Waals surface area (Å²) >= 11 is 0. The predicted molar refractivity (Wildman–Crippen MR) is 200 cm³/mol. The fraction of sp³-hybridized carbons (Fsp3) is 0.0769. The zero-order valence-electron chi connectivity index (χ0n) is 29.3. The third-order valence-corrected chi connectivity index (χ3v) is 8.64. The van der Waals surface area contributed by atoms with Gasteiger partial charge in [0.25, 0.3) is 7.12 Å². The molecule has 255 valence electrons. The fourth-order valence-corrected chi connectivity index (χ4v) is 6.09. The minimum atomic E-state index is -0.717. The van der Waals surface area contributed by atoms with E-state index in [0.29, 0.717) is 5.82 Å². The molecule has 0 saturated carbocycles. The number of aromatic amines is 1. The molecule has 5 aromatic heterocycles. The van der Waals surface area contributed by atoms with E-state index in [-0.39, 0.29) is 25.3 Å². The van der Waals surface area contributed by atoms with Crippen LogP contribution in [-0.4, -0.2) is 51.3 Å². The van der Waals surface area contributed by atoms with Gasteiger partial charge in [-0.25, -0.2) is 25.1 Å². The Balaban J connectivity index is 0.000000227. The van der Waals surface area contributed by atoms with Crippen molar-refractivity contribution in [3.8, 4) is 45.4 Å². The Kier molecular flexibility index (Phi) is 9.96. The van der Waals surface area contributed by atoms with Gasteiger partial charge in [-0.2, -0.15) is 0 Å². The van der Waals surface area contributed by atoms with Crippen LogP contribution in [0.1, 0.15) is 17.1 Å². The van der Waals surface area contributed by atoms with Crippen LogP contribution in [0.5, 0.6) is 0 Å². The van der Waals surface area contributed by atoms with Gasteiger partial charge in [0.15, 0.2) is 0 Å². The van der Waals surface area contributed by atoms with Crippen molar-refractivity contribution in [2.24, 2.45) is 0 Å². The van der Waals surface area contributed by atoms with E-state index < -0.39 is 12.9 Å². The molecule has 0 amide bonds. The van der Waals surface area contributed by atoms with E-state index in [1.807, 2.05) is 92.6 Å². The standard InChI is InChI=1S/C30H27BN6.C9H6N4O2.Zn/c1-22-19-28(25-13-7-4-8-14-25)32-35(22)31(36-23(2)20-29(33-36)26-15-9-5-10-16-26)37-24(3)21-30(34-37)27-17-11-6-12-18-27;14-9-12-8(13-15-9)7-10-5-3-1-2-4-6(5)11-7;/h4-21H,1-3H3;1-4H,(H2,10,11,12,13,14);/q-1;;+2/p-1. The Hall–Kier alpha value is -6.39. The summed E-state index contributed by atoms with van der Waals surface area (Å²) in [4.78, 5) is 21.5. The molecule has 0 fully saturated rings. The molecule has 53 heavy (non-hydrogen) atoms. The zero-order valence-corrected chi connectivity index (χ0v) is 32.3. The Morgan fingerprint density at radius 3 is 1.42 bits per heavy atom. The molecule has 5 heterocycles. The molecule has 0 aliphatic rings. The van der Waals surface area contributed by atoms with Crippen LogP contribution in [0.25, 0.3) is 56.5 Å². The van der Waals surface area contributed by atoms with Crippen molar-refractivity contribution in [1.29, 1.82) is 0 Å². The minimum Gasteiger partial charge on any atom is -0.422 e. The van der Waals surface area contributed by atoms with Gasteiger partial charge in [-0.15, -0.1) is 0 Å². The molecule has 9 rings (SSSR count). The monoisotopic (exact) mass is 747 g/mol. The summed E-state index contributed by atoms with van der Waals surface area (Å²) in [5, 5.41) is 18.7. The molecule has 0 unspecified atom stereocenters. The number of nitrogens with zero attached hydrogens (tertiary/aromatic N) is 9. The minimum absolute atomic E-state index is 0. The first kappa shape index (κ1) is 35.0. The number of aromatic nitrogens is 10. The predicted octanol–water partition coefficient (Wildman–Crippen LogP) is 6.66. The molecule has 0 atom stereocenters. The van der Waals surface area contributed by atoms with E-state index in [2.05, 4.69) is 100 Å². The molecule has 1 N–H and O–H groups in total. The number of fused-ring (bicyclic) bond motifs is 1. The average Bonchev–Trinajstić information content (AvgIpc) is 4.02. The summed E-state index contributed by atoms with van der Waals surface area (Å²) in [6, 6.07) is 44.6. The largest absolute Gasteiger partial charge is 2.00 e. The van der Waals surface area contributed by atoms with Gasteiger partial charge >= 0.3 is 25.2 Å². The van der Waals surface area contributed by atoms with Gasteiger partial charge in [0, 0.05) is 22.5 Å². The summed E-state index contributed by atoms with van der Waals surface area (Å²) in [5.74, 6) is -0.108. The van der Waals surface area contributed by atoms with Crippen molar-refractivity contribution < 1.29 is 24.0 Å². The van der Waals surface area contributed by atoms with Crippen LogP contribution in [0.2, 0.25) is 0 Å². The summed E-state index contributed by atoms with van der Waals surface area (Å²) in [5.41, 5.74) is 10.7. The molecule has 0 bridgehead atoms. The maximum atomic E-state index is 10.7. The second-order valence-electron chi connectivity index (χ2n) is 12.3. The topological polar surface area (TPSA) is 139 Å². The molecule has 0 spiro atoms. The number of nitrogens with one attached hydrogen (secondary N) is 1. The molecule has 1 radical (unpaired) electrons. The van der Waals surface area contributed by atoms with Crippen molar-refractivity contribution in [1.82, 2.24) is 49.2 Å². The van der Waals surface area contributed by atoms with E-state index >= 15 is 0 Å². The molecule has 14 heteroatoms. The maximum absolute atomic E-state index is 10.7. The van der Waals surface area contributed by atoms with E-state index in [4.69, 9.17) is 15.3 Å². The number of aryl methyl sites for hydroxylation is 3. The number of imidazole rings is 1. The first-order valence-corrected chi connectivity index (χ1v) is 16.7. The number of benzene rings is 4. The third-order valence-electron chi connectivity index (χ3n) is 8.64. The quantitative estimate of drug-likeness (QED) is 0.179. The second-order valence-corrected chi connectivity index (χ2v) is 12.3. The summed E-state index contributed by atoms with van der Waals surface area (Å²) in [6.07, 6.45) is 0. The number of hydrogen-bond acceptors (Lipinski definition) is 7. The maximum Gasteiger partial charge on any atom is 2.00 e. The van der Waals surface area contributed by atoms with Gasteiger partial charge in [-0.3, -0.25) is 5.16 Å². The van der Waals surface area contributed by atoms with Crippen molar-refractivity contribution >= 4 is 18.2 Å². The van der Waals surface area contributed by atoms with Crippen LogP contribution in [0.3, 0.4) is 0 Å². The third kappa shape index (κ3) is 7.22. The van der Waals surface area contributed by atoms with Crippen molar-refractivity contribution in [3.63, 3.8) is 0 Å². The molecule has 0 aliphatic heterocycles. The summed E-state index contributed by atoms with van der Waals surface area (Å²) in [6.45, 7) is 6.25. The first-order chi connectivity index (χ1) is 25.4. The number of H-pyrrole nitrogens is 1. The van der Waals surface area contributed by atoms with Crippen molar-refractivity contribution in [2.75, 3.05) is 0 Å². The van der Waals surface area contributed by atoms with Crippen LogP contribution in [0, 0.1) is 20.8 Å². The SMILES string of the molecule is Cc1cc(-c2ccccc2)nn1[B-](n1nc(-c2ccccc2)cc1C)n1nc(-c2ccccc2)cc1C.O=c1[n-]c(-c2nc3ccccc3[nH]2)no1.[Zn+2]. The molecule has 9 aromatic rings. The molecule has 0 saturated heterocycles. The summed E-state index contributed by atoms with van der Waals surface area (Å²) in [7, 11) is -0.410. The average molecular weight is 749 g/mol. The van der Waals surface area contributed by atoms with E-state index in [0.717, 1.165) is 61.9 Å². The normalized spacial score (nSPS) is 11.0. The van der Waals surface area contributed by atoms with E-state index in [9.17, 15) is 4.79 Å². The Morgan fingerprint density at radius 2 is 1.02 bits per heavy atom. The van der Waals surface area contributed by atoms with Crippen LogP contribution in [-0.2, 0) is 19.5 Å². The zero-order chi connectivity index (χ0) is 35.6. The van der Waals surface area contributed by atoms with Crippen molar-refractivity contribution in [2.45, 2.75) is 20.8 Å². The van der Waals surface area contributed by atoms with Crippen LogP contribution in [0.4, 0.5) is 0 Å². The Labute approximate surface area is 317 Å². The molecular formula is C39H32BN10O2Zn. The molecule has 0 aliphatic carbocycles. The smallest absolute Gasteiger partial charge is 0.422 e. The number of rotatable bonds is 7. The first-order valence-electron chi connectivity index (χ1n) is 16.7. The Bertz CT molecular complexity index is 2430. The molecule has 4 aromatic carbocycles. The van der Waals surface area contributed by atoms with Gasteiger partial charge < -0.3 is 28.3 Å². The van der Waals surface area contributed by atoms with Gasteiger partial charge in [-0.05, 0) is 68.2 Å². The van der Waals surface area contributed by atoms with Crippen LogP contribution < -0.4 is 10.7 Å². The summed E-state index contributed by atoms with van der Waals surface area (Å²) < 4.78 is 10.4. The number of para-hydroxylation sites is 2. The van der Waals surface area contributed by atoms with E-state index in [1.54, 1.807) is 0 Å². The van der Waals surface area contributed by atoms with E-state index in [1.165, 1.54) is 0 Å². The molecule has 12 nitrogen and oxygen atoms in total.